The summed E-state index contributed by atoms with van der Waals surface area (Å²) in [6, 6.07) is 8.15. The van der Waals surface area contributed by atoms with Gasteiger partial charge in [0.25, 0.3) is 0 Å². The lowest BCUT2D eigenvalue weighted by atomic mass is 10.1. The number of benzene rings is 1. The zero-order valence-corrected chi connectivity index (χ0v) is 15.0. The molecule has 136 valence electrons. The van der Waals surface area contributed by atoms with Crippen molar-refractivity contribution in [1.29, 1.82) is 0 Å². The van der Waals surface area contributed by atoms with Crippen molar-refractivity contribution < 1.29 is 14.7 Å². The number of hydrogen-bond donors (Lipinski definition) is 1. The van der Waals surface area contributed by atoms with Crippen molar-refractivity contribution in [2.24, 2.45) is 11.8 Å². The molecule has 2 fully saturated rings. The van der Waals surface area contributed by atoms with Gasteiger partial charge in [0, 0.05) is 44.3 Å². The van der Waals surface area contributed by atoms with Gasteiger partial charge in [-0.15, -0.1) is 0 Å². The number of anilines is 1. The molecule has 25 heavy (non-hydrogen) atoms. The number of unbranched alkanes of at least 4 members (excludes halogenated alkanes) is 1. The van der Waals surface area contributed by atoms with Gasteiger partial charge in [-0.25, -0.2) is 0 Å². The number of amides is 2. The number of hydrogen-bond acceptors (Lipinski definition) is 3. The molecule has 1 aromatic carbocycles. The van der Waals surface area contributed by atoms with Crippen molar-refractivity contribution in [2.75, 3.05) is 31.1 Å². The predicted octanol–water partition coefficient (Wildman–Crippen LogP) is 2.22. The molecule has 2 atom stereocenters. The van der Waals surface area contributed by atoms with Crippen LogP contribution in [0.4, 0.5) is 5.69 Å². The van der Waals surface area contributed by atoms with Crippen LogP contribution in [0.5, 0.6) is 0 Å². The van der Waals surface area contributed by atoms with E-state index < -0.39 is 0 Å². The fraction of sp³-hybridized carbons (Fsp3) is 0.600. The third kappa shape index (κ3) is 4.03. The van der Waals surface area contributed by atoms with Crippen LogP contribution in [0, 0.1) is 11.8 Å². The van der Waals surface area contributed by atoms with E-state index in [1.54, 1.807) is 4.90 Å². The molecule has 5 heteroatoms. The molecule has 3 rings (SSSR count). The summed E-state index contributed by atoms with van der Waals surface area (Å²) in [6.07, 6.45) is 4.54. The fourth-order valence-corrected chi connectivity index (χ4v) is 3.79. The molecule has 2 saturated heterocycles. The highest BCUT2D eigenvalue weighted by Crippen LogP contribution is 2.28. The van der Waals surface area contributed by atoms with Gasteiger partial charge in [-0.05, 0) is 37.0 Å². The van der Waals surface area contributed by atoms with Crippen molar-refractivity contribution in [3.05, 3.63) is 29.8 Å². The molecule has 0 saturated carbocycles. The van der Waals surface area contributed by atoms with Crippen molar-refractivity contribution >= 4 is 17.5 Å². The lowest BCUT2D eigenvalue weighted by Gasteiger charge is -2.21. The minimum atomic E-state index is -0.260. The molecule has 2 aliphatic rings. The summed E-state index contributed by atoms with van der Waals surface area (Å²) in [6.45, 7) is 4.08. The second kappa shape index (κ2) is 8.00. The molecular weight excluding hydrogens is 316 g/mol. The Bertz CT molecular complexity index is 614. The van der Waals surface area contributed by atoms with E-state index in [1.807, 2.05) is 17.0 Å². The van der Waals surface area contributed by atoms with Crippen molar-refractivity contribution in [2.45, 2.75) is 39.0 Å². The highest BCUT2D eigenvalue weighted by Gasteiger charge is 2.38. The van der Waals surface area contributed by atoms with Gasteiger partial charge in [0.05, 0.1) is 5.92 Å². The third-order valence-electron chi connectivity index (χ3n) is 5.40. The Balaban J connectivity index is 1.61. The number of carbonyl (C=O) groups excluding carboxylic acids is 2. The highest BCUT2D eigenvalue weighted by molar-refractivity contribution is 6.00. The first-order chi connectivity index (χ1) is 12.1. The average Bonchev–Trinajstić information content (AvgIpc) is 3.26. The number of aliphatic hydroxyl groups excluding tert-OH is 1. The molecule has 0 aliphatic carbocycles. The van der Waals surface area contributed by atoms with E-state index in [0.29, 0.717) is 19.6 Å². The Kier molecular flexibility index (Phi) is 5.74. The normalized spacial score (nSPS) is 23.5. The van der Waals surface area contributed by atoms with E-state index in [2.05, 4.69) is 19.1 Å². The first-order valence-electron chi connectivity index (χ1n) is 9.41. The number of aryl methyl sites for hydroxylation is 1. The van der Waals surface area contributed by atoms with Crippen molar-refractivity contribution in [1.82, 2.24) is 4.90 Å². The summed E-state index contributed by atoms with van der Waals surface area (Å²) in [4.78, 5) is 28.6. The average molecular weight is 344 g/mol. The minimum absolute atomic E-state index is 0.0255. The standard InChI is InChI=1S/C20H28N2O3/c1-2-3-4-15-5-7-18(8-6-15)22-13-17(11-19(22)24)20(25)21-10-9-16(12-21)14-23/h5-8,16-17,23H,2-4,9-14H2,1H3/t16-,17-/m0/s1. The Morgan fingerprint density at radius 1 is 1.24 bits per heavy atom. The van der Waals surface area contributed by atoms with Gasteiger partial charge >= 0.3 is 0 Å². The second-order valence-electron chi connectivity index (χ2n) is 7.30. The van der Waals surface area contributed by atoms with Crippen LogP contribution >= 0.6 is 0 Å². The first-order valence-corrected chi connectivity index (χ1v) is 9.41. The second-order valence-corrected chi connectivity index (χ2v) is 7.30. The van der Waals surface area contributed by atoms with Crippen LogP contribution in [-0.2, 0) is 16.0 Å². The number of aliphatic hydroxyl groups is 1. The maximum absolute atomic E-state index is 12.7. The zero-order chi connectivity index (χ0) is 17.8. The summed E-state index contributed by atoms with van der Waals surface area (Å²) < 4.78 is 0. The summed E-state index contributed by atoms with van der Waals surface area (Å²) >= 11 is 0. The SMILES string of the molecule is CCCCc1ccc(N2C[C@@H](C(=O)N3CC[C@H](CO)C3)CC2=O)cc1. The zero-order valence-electron chi connectivity index (χ0n) is 15.0. The van der Waals surface area contributed by atoms with Crippen molar-refractivity contribution in [3.8, 4) is 0 Å². The van der Waals surface area contributed by atoms with Gasteiger partial charge in [-0.3, -0.25) is 9.59 Å². The Morgan fingerprint density at radius 2 is 2.00 bits per heavy atom. The topological polar surface area (TPSA) is 60.9 Å². The van der Waals surface area contributed by atoms with Gasteiger partial charge in [-0.2, -0.15) is 0 Å². The minimum Gasteiger partial charge on any atom is -0.396 e. The summed E-state index contributed by atoms with van der Waals surface area (Å²) in [7, 11) is 0. The lowest BCUT2D eigenvalue weighted by Crippen LogP contribution is -2.36. The maximum Gasteiger partial charge on any atom is 0.228 e. The van der Waals surface area contributed by atoms with Crippen LogP contribution < -0.4 is 4.90 Å². The van der Waals surface area contributed by atoms with Crippen molar-refractivity contribution in [3.63, 3.8) is 0 Å². The van der Waals surface area contributed by atoms with Gasteiger partial charge in [-0.1, -0.05) is 25.5 Å². The molecule has 2 amide bonds. The molecule has 0 aromatic heterocycles. The van der Waals surface area contributed by atoms with Gasteiger partial charge in [0.15, 0.2) is 0 Å². The Hall–Kier alpha value is -1.88. The quantitative estimate of drug-likeness (QED) is 0.861. The van der Waals surface area contributed by atoms with E-state index in [-0.39, 0.29) is 36.7 Å². The van der Waals surface area contributed by atoms with Crippen LogP contribution in [0.1, 0.15) is 38.2 Å². The van der Waals surface area contributed by atoms with E-state index in [9.17, 15) is 14.7 Å². The number of carbonyl (C=O) groups is 2. The largest absolute Gasteiger partial charge is 0.396 e. The van der Waals surface area contributed by atoms with Gasteiger partial charge < -0.3 is 14.9 Å². The predicted molar refractivity (Wildman–Crippen MR) is 97.3 cm³/mol. The van der Waals surface area contributed by atoms with Crippen LogP contribution in [0.2, 0.25) is 0 Å². The van der Waals surface area contributed by atoms with Crippen LogP contribution in [0.3, 0.4) is 0 Å². The Labute approximate surface area is 149 Å². The fourth-order valence-electron chi connectivity index (χ4n) is 3.79. The van der Waals surface area contributed by atoms with E-state index in [4.69, 9.17) is 0 Å². The van der Waals surface area contributed by atoms with Crippen LogP contribution in [0.25, 0.3) is 0 Å². The van der Waals surface area contributed by atoms with Crippen LogP contribution in [0.15, 0.2) is 24.3 Å². The maximum atomic E-state index is 12.7. The molecule has 0 spiro atoms. The molecule has 2 heterocycles. The lowest BCUT2D eigenvalue weighted by molar-refractivity contribution is -0.134. The smallest absolute Gasteiger partial charge is 0.228 e. The summed E-state index contributed by atoms with van der Waals surface area (Å²) in [5.74, 6) is 0.0152. The number of likely N-dealkylation sites (tertiary alicyclic amines) is 1. The molecule has 1 aromatic rings. The molecule has 0 unspecified atom stereocenters. The van der Waals surface area contributed by atoms with E-state index >= 15 is 0 Å². The number of nitrogens with zero attached hydrogens (tertiary/aromatic N) is 2. The molecule has 5 nitrogen and oxygen atoms in total. The number of rotatable bonds is 6. The molecule has 0 bridgehead atoms. The molecule has 0 radical (unpaired) electrons. The first kappa shape index (κ1) is 17.9. The third-order valence-corrected chi connectivity index (χ3v) is 5.40. The van der Waals surface area contributed by atoms with Gasteiger partial charge in [0.1, 0.15) is 0 Å². The molecule has 1 N–H and O–H groups in total. The van der Waals surface area contributed by atoms with E-state index in [0.717, 1.165) is 18.5 Å². The molecular formula is C20H28N2O3. The molecule has 2 aliphatic heterocycles. The van der Waals surface area contributed by atoms with Crippen LogP contribution in [-0.4, -0.2) is 48.1 Å². The highest BCUT2D eigenvalue weighted by atomic mass is 16.3. The van der Waals surface area contributed by atoms with E-state index in [1.165, 1.54) is 18.4 Å². The van der Waals surface area contributed by atoms with Gasteiger partial charge in [0.2, 0.25) is 11.8 Å². The summed E-state index contributed by atoms with van der Waals surface area (Å²) in [5.41, 5.74) is 2.17. The summed E-state index contributed by atoms with van der Waals surface area (Å²) in [5, 5.41) is 9.24. The monoisotopic (exact) mass is 344 g/mol. The Morgan fingerprint density at radius 3 is 2.64 bits per heavy atom.